The molecule has 3 aromatic rings. The van der Waals surface area contributed by atoms with Gasteiger partial charge < -0.3 is 10.4 Å². The number of carbonyl (C=O) groups is 1. The lowest BCUT2D eigenvalue weighted by Gasteiger charge is -2.43. The van der Waals surface area contributed by atoms with E-state index in [1.54, 1.807) is 18.2 Å². The Kier molecular flexibility index (Phi) is 7.35. The monoisotopic (exact) mass is 519 g/mol. The molecule has 1 aliphatic rings. The maximum absolute atomic E-state index is 14.4. The first-order valence-electron chi connectivity index (χ1n) is 11.4. The molecule has 0 aliphatic carbocycles. The summed E-state index contributed by atoms with van der Waals surface area (Å²) in [6.07, 6.45) is 1.04. The predicted octanol–water partition coefficient (Wildman–Crippen LogP) is 5.91. The molecule has 1 aromatic carbocycles. The average Bonchev–Trinajstić information content (AvgIpc) is 3.21. The molecule has 10 heteroatoms. The van der Waals surface area contributed by atoms with Crippen LogP contribution in [0.1, 0.15) is 42.3 Å². The van der Waals surface area contributed by atoms with E-state index < -0.39 is 17.2 Å². The van der Waals surface area contributed by atoms with Crippen LogP contribution in [0.15, 0.2) is 30.3 Å². The third-order valence-corrected chi connectivity index (χ3v) is 7.46. The summed E-state index contributed by atoms with van der Waals surface area (Å²) in [6.45, 7) is 6.60. The largest absolute Gasteiger partial charge is 0.481 e. The van der Waals surface area contributed by atoms with E-state index in [9.17, 15) is 14.3 Å². The topological polar surface area (TPSA) is 94.1 Å². The smallest absolute Gasteiger partial charge is 0.310 e. The number of carboxylic acids is 1. The van der Waals surface area contributed by atoms with Crippen LogP contribution >= 0.6 is 23.2 Å². The van der Waals surface area contributed by atoms with Gasteiger partial charge in [0.05, 0.1) is 10.4 Å². The molecule has 186 valence electrons. The van der Waals surface area contributed by atoms with E-state index in [0.29, 0.717) is 53.8 Å². The number of hydrogen-bond donors (Lipinski definition) is 3. The fourth-order valence-electron chi connectivity index (χ4n) is 4.72. The Balaban J connectivity index is 1.54. The van der Waals surface area contributed by atoms with Gasteiger partial charge >= 0.3 is 5.97 Å². The van der Waals surface area contributed by atoms with Gasteiger partial charge in [0.1, 0.15) is 11.6 Å². The number of nitrogens with zero attached hydrogens (tertiary/aromatic N) is 3. The molecule has 1 saturated heterocycles. The number of piperidine rings is 1. The number of pyridine rings is 1. The minimum absolute atomic E-state index is 0.0798. The van der Waals surface area contributed by atoms with Crippen molar-refractivity contribution in [1.82, 2.24) is 20.1 Å². The third kappa shape index (κ3) is 5.44. The molecule has 35 heavy (non-hydrogen) atoms. The van der Waals surface area contributed by atoms with Crippen LogP contribution in [0.2, 0.25) is 10.0 Å². The van der Waals surface area contributed by atoms with Crippen molar-refractivity contribution >= 4 is 40.8 Å². The van der Waals surface area contributed by atoms with Crippen molar-refractivity contribution < 1.29 is 14.3 Å². The Morgan fingerprint density at radius 2 is 2.09 bits per heavy atom. The van der Waals surface area contributed by atoms with Gasteiger partial charge in [0.25, 0.3) is 0 Å². The molecule has 0 saturated carbocycles. The van der Waals surface area contributed by atoms with Crippen LogP contribution in [-0.4, -0.2) is 43.7 Å². The molecule has 3 N–H and O–H groups in total. The molecule has 0 bridgehead atoms. The number of benzene rings is 1. The number of carboxylic acid groups (broad SMARTS) is 1. The van der Waals surface area contributed by atoms with E-state index in [-0.39, 0.29) is 17.5 Å². The number of likely N-dealkylation sites (tertiary alicyclic amines) is 1. The van der Waals surface area contributed by atoms with Gasteiger partial charge in [-0.2, -0.15) is 5.10 Å². The summed E-state index contributed by atoms with van der Waals surface area (Å²) in [4.78, 5) is 19.3. The normalized spacial score (nSPS) is 20.7. The maximum atomic E-state index is 14.4. The predicted molar refractivity (Wildman–Crippen MR) is 135 cm³/mol. The van der Waals surface area contributed by atoms with Crippen molar-refractivity contribution in [3.05, 3.63) is 68.7 Å². The second-order valence-corrected chi connectivity index (χ2v) is 10.2. The van der Waals surface area contributed by atoms with E-state index >= 15 is 0 Å². The summed E-state index contributed by atoms with van der Waals surface area (Å²) in [5, 5.41) is 21.1. The van der Waals surface area contributed by atoms with Crippen molar-refractivity contribution in [1.29, 1.82) is 0 Å². The van der Waals surface area contributed by atoms with E-state index in [0.717, 1.165) is 11.3 Å². The molecule has 0 amide bonds. The highest BCUT2D eigenvalue weighted by atomic mass is 35.5. The van der Waals surface area contributed by atoms with Crippen LogP contribution < -0.4 is 5.32 Å². The lowest BCUT2D eigenvalue weighted by molar-refractivity contribution is -0.153. The second-order valence-electron chi connectivity index (χ2n) is 9.38. The summed E-state index contributed by atoms with van der Waals surface area (Å²) >= 11 is 12.4. The van der Waals surface area contributed by atoms with Crippen LogP contribution in [0.5, 0.6) is 0 Å². The summed E-state index contributed by atoms with van der Waals surface area (Å²) in [5.41, 5.74) is 1.75. The Hall–Kier alpha value is -2.68. The van der Waals surface area contributed by atoms with Crippen LogP contribution in [0.25, 0.3) is 0 Å². The summed E-state index contributed by atoms with van der Waals surface area (Å²) in [6, 6.07) is 8.46. The Morgan fingerprint density at radius 3 is 2.74 bits per heavy atom. The number of aromatic amines is 1. The Bertz CT molecular complexity index is 1250. The molecule has 2 aromatic heterocycles. The summed E-state index contributed by atoms with van der Waals surface area (Å²) in [5.74, 6) is -0.146. The highest BCUT2D eigenvalue weighted by molar-refractivity contribution is 6.31. The molecule has 0 spiro atoms. The highest BCUT2D eigenvalue weighted by Crippen LogP contribution is 2.40. The van der Waals surface area contributed by atoms with E-state index in [1.807, 2.05) is 26.8 Å². The third-order valence-electron chi connectivity index (χ3n) is 6.78. The van der Waals surface area contributed by atoms with Crippen molar-refractivity contribution in [3.8, 4) is 0 Å². The number of aliphatic carboxylic acids is 1. The van der Waals surface area contributed by atoms with Crippen LogP contribution in [0.4, 0.5) is 16.0 Å². The average molecular weight is 520 g/mol. The van der Waals surface area contributed by atoms with E-state index in [4.69, 9.17) is 28.2 Å². The number of H-pyrrole nitrogens is 1. The zero-order valence-corrected chi connectivity index (χ0v) is 21.3. The van der Waals surface area contributed by atoms with Gasteiger partial charge in [0, 0.05) is 52.6 Å². The van der Waals surface area contributed by atoms with Gasteiger partial charge in [0.2, 0.25) is 0 Å². The van der Waals surface area contributed by atoms with Gasteiger partial charge in [-0.25, -0.2) is 9.37 Å². The quantitative estimate of drug-likeness (QED) is 0.359. The molecule has 3 heterocycles. The molecule has 7 nitrogen and oxygen atoms in total. The Morgan fingerprint density at radius 1 is 1.31 bits per heavy atom. The number of halogens is 3. The number of aryl methyl sites for hydroxylation is 1. The Labute approximate surface area is 213 Å². The van der Waals surface area contributed by atoms with Gasteiger partial charge in [-0.15, -0.1) is 0 Å². The molecule has 2 atom stereocenters. The van der Waals surface area contributed by atoms with Crippen LogP contribution in [-0.2, 0) is 17.8 Å². The molecule has 1 aliphatic heterocycles. The molecule has 4 rings (SSSR count). The fraction of sp³-hybridized carbons (Fsp3) is 0.400. The molecular formula is C25H28Cl2FN5O2. The van der Waals surface area contributed by atoms with Gasteiger partial charge in [0.15, 0.2) is 5.82 Å². The van der Waals surface area contributed by atoms with Crippen molar-refractivity contribution in [2.75, 3.05) is 11.9 Å². The summed E-state index contributed by atoms with van der Waals surface area (Å²) < 4.78 is 14.4. The second kappa shape index (κ2) is 10.1. The first-order chi connectivity index (χ1) is 16.6. The lowest BCUT2D eigenvalue weighted by atomic mass is 9.72. The highest BCUT2D eigenvalue weighted by Gasteiger charge is 2.45. The van der Waals surface area contributed by atoms with Gasteiger partial charge in [-0.1, -0.05) is 35.3 Å². The summed E-state index contributed by atoms with van der Waals surface area (Å²) in [7, 11) is 0. The van der Waals surface area contributed by atoms with Crippen LogP contribution in [0, 0.1) is 25.1 Å². The number of anilines is 2. The molecular weight excluding hydrogens is 492 g/mol. The standard InChI is InChI=1S/C25H28Cl2FN5O2/c1-14-9-21(32-31-14)30-23-16(3)20(27)10-18(29-23)12-25(24(34)35)7-8-33(15(2)11-25)13-17-5-4-6-19(26)22(17)28/h4-6,9-10,15H,7-8,11-13H2,1-3H3,(H,34,35)(H2,29,30,31,32)/t15-,25-/m1/s1. The molecule has 0 unspecified atom stereocenters. The van der Waals surface area contributed by atoms with Crippen molar-refractivity contribution in [2.24, 2.45) is 5.41 Å². The van der Waals surface area contributed by atoms with Gasteiger partial charge in [-0.05, 0) is 52.3 Å². The SMILES string of the molecule is Cc1cc(Nc2nc(C[C@@]3(C(=O)O)CCN(Cc4cccc(Cl)c4F)[C@H](C)C3)cc(Cl)c2C)n[nH]1. The number of rotatable bonds is 7. The van der Waals surface area contributed by atoms with Crippen molar-refractivity contribution in [2.45, 2.75) is 52.6 Å². The maximum Gasteiger partial charge on any atom is 0.310 e. The number of nitrogens with one attached hydrogen (secondary N) is 2. The zero-order chi connectivity index (χ0) is 25.3. The first kappa shape index (κ1) is 25.4. The minimum Gasteiger partial charge on any atom is -0.481 e. The number of aromatic nitrogens is 3. The van der Waals surface area contributed by atoms with Crippen LogP contribution in [0.3, 0.4) is 0 Å². The number of hydrogen-bond acceptors (Lipinski definition) is 5. The van der Waals surface area contributed by atoms with Crippen molar-refractivity contribution in [3.63, 3.8) is 0 Å². The van der Waals surface area contributed by atoms with Gasteiger partial charge in [-0.3, -0.25) is 14.8 Å². The fourth-order valence-corrected chi connectivity index (χ4v) is 5.13. The zero-order valence-electron chi connectivity index (χ0n) is 19.8. The lowest BCUT2D eigenvalue weighted by Crippen LogP contribution is -2.49. The van der Waals surface area contributed by atoms with E-state index in [1.165, 1.54) is 6.07 Å². The molecule has 1 fully saturated rings. The van der Waals surface area contributed by atoms with E-state index in [2.05, 4.69) is 20.4 Å². The first-order valence-corrected chi connectivity index (χ1v) is 12.2. The minimum atomic E-state index is -1.01. The molecule has 0 radical (unpaired) electrons.